The Kier molecular flexibility index (Phi) is 4.26. The zero-order valence-electron chi connectivity index (χ0n) is 11.1. The SMILES string of the molecule is CCC1(CC)CN(CC2CCC2)CCCN1. The lowest BCUT2D eigenvalue weighted by atomic mass is 9.84. The summed E-state index contributed by atoms with van der Waals surface area (Å²) in [5.41, 5.74) is 0.403. The van der Waals surface area contributed by atoms with E-state index >= 15 is 0 Å². The van der Waals surface area contributed by atoms with Gasteiger partial charge >= 0.3 is 0 Å². The molecule has 2 nitrogen and oxygen atoms in total. The summed E-state index contributed by atoms with van der Waals surface area (Å²) in [7, 11) is 0. The maximum Gasteiger partial charge on any atom is 0.0303 e. The number of rotatable bonds is 4. The van der Waals surface area contributed by atoms with Crippen LogP contribution in [0.4, 0.5) is 0 Å². The third kappa shape index (κ3) is 2.78. The molecule has 94 valence electrons. The van der Waals surface area contributed by atoms with Crippen LogP contribution in [-0.4, -0.2) is 36.6 Å². The maximum absolute atomic E-state index is 3.79. The largest absolute Gasteiger partial charge is 0.310 e. The Bertz CT molecular complexity index is 207. The maximum atomic E-state index is 3.79. The highest BCUT2D eigenvalue weighted by Crippen LogP contribution is 2.28. The summed E-state index contributed by atoms with van der Waals surface area (Å²) in [6, 6.07) is 0. The summed E-state index contributed by atoms with van der Waals surface area (Å²) in [4.78, 5) is 2.73. The standard InChI is InChI=1S/C14H28N2/c1-3-14(4-2)12-16(10-6-9-15-14)11-13-7-5-8-13/h13,15H,3-12H2,1-2H3. The molecule has 0 unspecified atom stereocenters. The van der Waals surface area contributed by atoms with E-state index in [1.807, 2.05) is 0 Å². The first-order valence-electron chi connectivity index (χ1n) is 7.25. The molecule has 2 rings (SSSR count). The molecule has 1 aliphatic heterocycles. The summed E-state index contributed by atoms with van der Waals surface area (Å²) < 4.78 is 0. The fourth-order valence-corrected chi connectivity index (χ4v) is 3.14. The second-order valence-electron chi connectivity index (χ2n) is 5.80. The van der Waals surface area contributed by atoms with Gasteiger partial charge in [0.25, 0.3) is 0 Å². The molecule has 1 saturated heterocycles. The first kappa shape index (κ1) is 12.4. The Labute approximate surface area is 101 Å². The van der Waals surface area contributed by atoms with E-state index in [4.69, 9.17) is 0 Å². The molecule has 0 amide bonds. The summed E-state index contributed by atoms with van der Waals surface area (Å²) in [5, 5.41) is 3.79. The molecule has 0 aromatic carbocycles. The Morgan fingerprint density at radius 3 is 2.50 bits per heavy atom. The molecule has 0 aromatic heterocycles. The molecule has 16 heavy (non-hydrogen) atoms. The molecule has 2 fully saturated rings. The van der Waals surface area contributed by atoms with Gasteiger partial charge in [-0.3, -0.25) is 0 Å². The molecule has 1 aliphatic carbocycles. The van der Waals surface area contributed by atoms with Crippen LogP contribution in [0.5, 0.6) is 0 Å². The first-order chi connectivity index (χ1) is 7.78. The number of hydrogen-bond acceptors (Lipinski definition) is 2. The number of hydrogen-bond donors (Lipinski definition) is 1. The molecule has 1 heterocycles. The van der Waals surface area contributed by atoms with E-state index in [2.05, 4.69) is 24.1 Å². The van der Waals surface area contributed by atoms with Gasteiger partial charge in [-0.2, -0.15) is 0 Å². The Balaban J connectivity index is 1.90. The van der Waals surface area contributed by atoms with Gasteiger partial charge in [-0.05, 0) is 51.1 Å². The monoisotopic (exact) mass is 224 g/mol. The van der Waals surface area contributed by atoms with Gasteiger partial charge in [0, 0.05) is 18.6 Å². The van der Waals surface area contributed by atoms with Crippen LogP contribution in [0.3, 0.4) is 0 Å². The number of nitrogens with one attached hydrogen (secondary N) is 1. The molecule has 0 bridgehead atoms. The van der Waals surface area contributed by atoms with Gasteiger partial charge in [0.1, 0.15) is 0 Å². The average Bonchev–Trinajstić information content (AvgIpc) is 2.46. The zero-order chi connectivity index (χ0) is 11.4. The molecule has 0 radical (unpaired) electrons. The van der Waals surface area contributed by atoms with Gasteiger partial charge in [0.2, 0.25) is 0 Å². The summed E-state index contributed by atoms with van der Waals surface area (Å²) in [6.07, 6.45) is 8.30. The molecule has 0 spiro atoms. The van der Waals surface area contributed by atoms with Crippen molar-refractivity contribution < 1.29 is 0 Å². The lowest BCUT2D eigenvalue weighted by molar-refractivity contribution is 0.144. The van der Waals surface area contributed by atoms with E-state index in [1.54, 1.807) is 0 Å². The highest BCUT2D eigenvalue weighted by molar-refractivity contribution is 4.91. The van der Waals surface area contributed by atoms with Crippen molar-refractivity contribution in [3.8, 4) is 0 Å². The first-order valence-corrected chi connectivity index (χ1v) is 7.25. The lowest BCUT2D eigenvalue weighted by Gasteiger charge is -2.38. The molecular formula is C14H28N2. The van der Waals surface area contributed by atoms with Crippen LogP contribution in [0.2, 0.25) is 0 Å². The van der Waals surface area contributed by atoms with Crippen molar-refractivity contribution in [3.05, 3.63) is 0 Å². The van der Waals surface area contributed by atoms with E-state index in [9.17, 15) is 0 Å². The van der Waals surface area contributed by atoms with Crippen LogP contribution >= 0.6 is 0 Å². The fourth-order valence-electron chi connectivity index (χ4n) is 3.14. The zero-order valence-corrected chi connectivity index (χ0v) is 11.1. The summed E-state index contributed by atoms with van der Waals surface area (Å²) in [6.45, 7) is 9.83. The third-order valence-electron chi connectivity index (χ3n) is 4.77. The van der Waals surface area contributed by atoms with Crippen molar-refractivity contribution in [2.75, 3.05) is 26.2 Å². The van der Waals surface area contributed by atoms with Crippen molar-refractivity contribution in [3.63, 3.8) is 0 Å². The second kappa shape index (κ2) is 5.50. The van der Waals surface area contributed by atoms with Crippen LogP contribution < -0.4 is 5.32 Å². The van der Waals surface area contributed by atoms with Crippen molar-refractivity contribution in [1.29, 1.82) is 0 Å². The lowest BCUT2D eigenvalue weighted by Crippen LogP contribution is -2.51. The van der Waals surface area contributed by atoms with Crippen LogP contribution in [-0.2, 0) is 0 Å². The van der Waals surface area contributed by atoms with Crippen molar-refractivity contribution in [1.82, 2.24) is 10.2 Å². The van der Waals surface area contributed by atoms with Crippen LogP contribution in [0.15, 0.2) is 0 Å². The summed E-state index contributed by atoms with van der Waals surface area (Å²) >= 11 is 0. The minimum Gasteiger partial charge on any atom is -0.310 e. The van der Waals surface area contributed by atoms with Gasteiger partial charge < -0.3 is 10.2 Å². The normalized spacial score (nSPS) is 27.4. The molecule has 2 heteroatoms. The van der Waals surface area contributed by atoms with E-state index < -0.39 is 0 Å². The third-order valence-corrected chi connectivity index (χ3v) is 4.77. The predicted molar refractivity (Wildman–Crippen MR) is 69.7 cm³/mol. The molecular weight excluding hydrogens is 196 g/mol. The van der Waals surface area contributed by atoms with Crippen LogP contribution in [0.1, 0.15) is 52.4 Å². The quantitative estimate of drug-likeness (QED) is 0.790. The highest BCUT2D eigenvalue weighted by atomic mass is 15.2. The van der Waals surface area contributed by atoms with Gasteiger partial charge in [-0.15, -0.1) is 0 Å². The topological polar surface area (TPSA) is 15.3 Å². The van der Waals surface area contributed by atoms with Crippen LogP contribution in [0, 0.1) is 5.92 Å². The van der Waals surface area contributed by atoms with E-state index in [0.717, 1.165) is 5.92 Å². The predicted octanol–water partition coefficient (Wildman–Crippen LogP) is 2.64. The molecule has 2 aliphatic rings. The van der Waals surface area contributed by atoms with Crippen LogP contribution in [0.25, 0.3) is 0 Å². The molecule has 0 atom stereocenters. The minimum atomic E-state index is 0.403. The fraction of sp³-hybridized carbons (Fsp3) is 1.00. The molecule has 1 N–H and O–H groups in total. The van der Waals surface area contributed by atoms with E-state index in [-0.39, 0.29) is 0 Å². The van der Waals surface area contributed by atoms with Gasteiger partial charge in [-0.1, -0.05) is 20.3 Å². The Morgan fingerprint density at radius 2 is 1.94 bits per heavy atom. The Hall–Kier alpha value is -0.0800. The molecule has 1 saturated carbocycles. The van der Waals surface area contributed by atoms with E-state index in [0.29, 0.717) is 5.54 Å². The number of nitrogens with zero attached hydrogens (tertiary/aromatic N) is 1. The highest BCUT2D eigenvalue weighted by Gasteiger charge is 2.31. The van der Waals surface area contributed by atoms with E-state index in [1.165, 1.54) is 64.7 Å². The average molecular weight is 224 g/mol. The summed E-state index contributed by atoms with van der Waals surface area (Å²) in [5.74, 6) is 1.02. The molecule has 0 aromatic rings. The van der Waals surface area contributed by atoms with Crippen molar-refractivity contribution in [2.45, 2.75) is 57.9 Å². The Morgan fingerprint density at radius 1 is 1.19 bits per heavy atom. The minimum absolute atomic E-state index is 0.403. The smallest absolute Gasteiger partial charge is 0.0303 e. The second-order valence-corrected chi connectivity index (χ2v) is 5.80. The van der Waals surface area contributed by atoms with Gasteiger partial charge in [-0.25, -0.2) is 0 Å². The van der Waals surface area contributed by atoms with Crippen molar-refractivity contribution in [2.24, 2.45) is 5.92 Å². The van der Waals surface area contributed by atoms with Gasteiger partial charge in [0.15, 0.2) is 0 Å². The van der Waals surface area contributed by atoms with Crippen molar-refractivity contribution >= 4 is 0 Å². The van der Waals surface area contributed by atoms with Gasteiger partial charge in [0.05, 0.1) is 0 Å².